The number of piperidine rings is 1. The van der Waals surface area contributed by atoms with Crippen molar-refractivity contribution >= 4 is 5.78 Å². The van der Waals surface area contributed by atoms with Crippen LogP contribution >= 0.6 is 0 Å². The number of carbonyl (C=O) groups excluding carboxylic acids is 1. The summed E-state index contributed by atoms with van der Waals surface area (Å²) in [6.07, 6.45) is 2.86. The van der Waals surface area contributed by atoms with E-state index in [0.29, 0.717) is 18.8 Å². The Morgan fingerprint density at radius 2 is 2.44 bits per heavy atom. The van der Waals surface area contributed by atoms with Gasteiger partial charge in [0, 0.05) is 31.5 Å². The highest BCUT2D eigenvalue weighted by molar-refractivity contribution is 5.81. The van der Waals surface area contributed by atoms with Gasteiger partial charge in [0.1, 0.15) is 5.78 Å². The Bertz CT molecular complexity index is 239. The van der Waals surface area contributed by atoms with E-state index in [2.05, 4.69) is 17.3 Å². The SMILES string of the molecule is CN1CCCC(C(=O)CC2COCCN2)C1. The van der Waals surface area contributed by atoms with Gasteiger partial charge in [0.2, 0.25) is 0 Å². The fourth-order valence-electron chi connectivity index (χ4n) is 2.59. The predicted molar refractivity (Wildman–Crippen MR) is 62.5 cm³/mol. The highest BCUT2D eigenvalue weighted by Crippen LogP contribution is 2.18. The maximum atomic E-state index is 12.1. The second-order valence-corrected chi connectivity index (χ2v) is 5.00. The molecule has 2 heterocycles. The predicted octanol–water partition coefficient (Wildman–Crippen LogP) is 0.276. The number of carbonyl (C=O) groups is 1. The minimum atomic E-state index is 0.244. The van der Waals surface area contributed by atoms with Crippen LogP contribution in [0.3, 0.4) is 0 Å². The van der Waals surface area contributed by atoms with Crippen LogP contribution in [0.15, 0.2) is 0 Å². The van der Waals surface area contributed by atoms with Gasteiger partial charge in [0.15, 0.2) is 0 Å². The summed E-state index contributed by atoms with van der Waals surface area (Å²) >= 11 is 0. The van der Waals surface area contributed by atoms with Gasteiger partial charge in [0.05, 0.1) is 13.2 Å². The van der Waals surface area contributed by atoms with Crippen molar-refractivity contribution in [1.82, 2.24) is 10.2 Å². The number of nitrogens with one attached hydrogen (secondary N) is 1. The van der Waals surface area contributed by atoms with Crippen molar-refractivity contribution in [2.45, 2.75) is 25.3 Å². The fraction of sp³-hybridized carbons (Fsp3) is 0.917. The van der Waals surface area contributed by atoms with E-state index in [1.807, 2.05) is 0 Å². The van der Waals surface area contributed by atoms with Crippen molar-refractivity contribution in [1.29, 1.82) is 0 Å². The van der Waals surface area contributed by atoms with Crippen molar-refractivity contribution in [2.75, 3.05) is 39.9 Å². The molecule has 2 aliphatic heterocycles. The zero-order chi connectivity index (χ0) is 11.4. The lowest BCUT2D eigenvalue weighted by Gasteiger charge is -2.30. The van der Waals surface area contributed by atoms with E-state index in [9.17, 15) is 4.79 Å². The molecule has 0 aromatic carbocycles. The number of rotatable bonds is 3. The van der Waals surface area contributed by atoms with Crippen LogP contribution in [0.5, 0.6) is 0 Å². The van der Waals surface area contributed by atoms with Gasteiger partial charge in [0.25, 0.3) is 0 Å². The zero-order valence-corrected chi connectivity index (χ0v) is 10.1. The highest BCUT2D eigenvalue weighted by Gasteiger charge is 2.26. The summed E-state index contributed by atoms with van der Waals surface area (Å²) in [6, 6.07) is 0.244. The quantitative estimate of drug-likeness (QED) is 0.750. The van der Waals surface area contributed by atoms with Crippen LogP contribution in [-0.2, 0) is 9.53 Å². The number of hydrogen-bond donors (Lipinski definition) is 1. The maximum absolute atomic E-state index is 12.1. The molecule has 2 atom stereocenters. The Morgan fingerprint density at radius 1 is 1.56 bits per heavy atom. The molecular weight excluding hydrogens is 204 g/mol. The van der Waals surface area contributed by atoms with Gasteiger partial charge in [-0.3, -0.25) is 4.79 Å². The second-order valence-electron chi connectivity index (χ2n) is 5.00. The molecule has 2 rings (SSSR count). The number of ether oxygens (including phenoxy) is 1. The van der Waals surface area contributed by atoms with Crippen molar-refractivity contribution in [3.05, 3.63) is 0 Å². The molecular formula is C12H22N2O2. The molecule has 0 aromatic heterocycles. The smallest absolute Gasteiger partial charge is 0.138 e. The first-order valence-corrected chi connectivity index (χ1v) is 6.28. The van der Waals surface area contributed by atoms with Crippen molar-refractivity contribution < 1.29 is 9.53 Å². The summed E-state index contributed by atoms with van der Waals surface area (Å²) in [4.78, 5) is 14.4. The van der Waals surface area contributed by atoms with Gasteiger partial charge in [-0.05, 0) is 26.4 Å². The summed E-state index contributed by atoms with van der Waals surface area (Å²) in [5, 5.41) is 3.34. The van der Waals surface area contributed by atoms with E-state index in [4.69, 9.17) is 4.74 Å². The molecule has 0 saturated carbocycles. The molecule has 0 radical (unpaired) electrons. The van der Waals surface area contributed by atoms with Crippen LogP contribution in [0.2, 0.25) is 0 Å². The molecule has 1 N–H and O–H groups in total. The summed E-state index contributed by atoms with van der Waals surface area (Å²) in [7, 11) is 2.10. The van der Waals surface area contributed by atoms with Crippen LogP contribution in [0.25, 0.3) is 0 Å². The molecule has 92 valence electrons. The average molecular weight is 226 g/mol. The third-order valence-corrected chi connectivity index (χ3v) is 3.53. The molecule has 2 saturated heterocycles. The van der Waals surface area contributed by atoms with Crippen molar-refractivity contribution in [2.24, 2.45) is 5.92 Å². The first-order valence-electron chi connectivity index (χ1n) is 6.28. The van der Waals surface area contributed by atoms with Gasteiger partial charge in [-0.1, -0.05) is 0 Å². The maximum Gasteiger partial charge on any atom is 0.138 e. The van der Waals surface area contributed by atoms with Crippen LogP contribution in [0.4, 0.5) is 0 Å². The van der Waals surface area contributed by atoms with E-state index in [0.717, 1.165) is 39.1 Å². The molecule has 0 bridgehead atoms. The van der Waals surface area contributed by atoms with Gasteiger partial charge < -0.3 is 15.0 Å². The van der Waals surface area contributed by atoms with Crippen molar-refractivity contribution in [3.8, 4) is 0 Å². The van der Waals surface area contributed by atoms with E-state index in [1.54, 1.807) is 0 Å². The average Bonchev–Trinajstić information content (AvgIpc) is 2.30. The molecule has 0 aliphatic carbocycles. The second kappa shape index (κ2) is 5.75. The Labute approximate surface area is 97.3 Å². The molecule has 2 fully saturated rings. The number of nitrogens with zero attached hydrogens (tertiary/aromatic N) is 1. The molecule has 0 aromatic rings. The molecule has 2 aliphatic rings. The molecule has 4 heteroatoms. The lowest BCUT2D eigenvalue weighted by molar-refractivity contribution is -0.125. The standard InChI is InChI=1S/C12H22N2O2/c1-14-5-2-3-10(8-14)12(15)7-11-9-16-6-4-13-11/h10-11,13H,2-9H2,1H3. The number of Topliss-reactive ketones (excluding diaryl/α,β-unsaturated/α-hetero) is 1. The van der Waals surface area contributed by atoms with Crippen LogP contribution < -0.4 is 5.32 Å². The lowest BCUT2D eigenvalue weighted by atomic mass is 9.90. The monoisotopic (exact) mass is 226 g/mol. The number of morpholine rings is 1. The minimum Gasteiger partial charge on any atom is -0.379 e. The lowest BCUT2D eigenvalue weighted by Crippen LogP contribution is -2.44. The zero-order valence-electron chi connectivity index (χ0n) is 10.1. The Morgan fingerprint density at radius 3 is 3.12 bits per heavy atom. The van der Waals surface area contributed by atoms with Crippen molar-refractivity contribution in [3.63, 3.8) is 0 Å². The fourth-order valence-corrected chi connectivity index (χ4v) is 2.59. The largest absolute Gasteiger partial charge is 0.379 e. The Balaban J connectivity index is 1.77. The normalized spacial score (nSPS) is 32.6. The molecule has 16 heavy (non-hydrogen) atoms. The topological polar surface area (TPSA) is 41.6 Å². The van der Waals surface area contributed by atoms with E-state index >= 15 is 0 Å². The molecule has 0 amide bonds. The number of hydrogen-bond acceptors (Lipinski definition) is 4. The minimum absolute atomic E-state index is 0.244. The third-order valence-electron chi connectivity index (χ3n) is 3.53. The Kier molecular flexibility index (Phi) is 4.32. The van der Waals surface area contributed by atoms with Crippen LogP contribution in [-0.4, -0.2) is 56.6 Å². The molecule has 2 unspecified atom stereocenters. The summed E-state index contributed by atoms with van der Waals surface area (Å²) in [6.45, 7) is 4.41. The van der Waals surface area contributed by atoms with Gasteiger partial charge in [-0.15, -0.1) is 0 Å². The highest BCUT2D eigenvalue weighted by atomic mass is 16.5. The number of likely N-dealkylation sites (tertiary alicyclic amines) is 1. The summed E-state index contributed by atoms with van der Waals surface area (Å²) < 4.78 is 5.37. The number of ketones is 1. The first kappa shape index (κ1) is 12.0. The summed E-state index contributed by atoms with van der Waals surface area (Å²) in [5.74, 6) is 0.664. The van der Waals surface area contributed by atoms with Gasteiger partial charge >= 0.3 is 0 Å². The van der Waals surface area contributed by atoms with Crippen LogP contribution in [0.1, 0.15) is 19.3 Å². The van der Waals surface area contributed by atoms with E-state index in [1.165, 1.54) is 0 Å². The summed E-state index contributed by atoms with van der Waals surface area (Å²) in [5.41, 5.74) is 0. The third kappa shape index (κ3) is 3.27. The molecule has 4 nitrogen and oxygen atoms in total. The first-order chi connectivity index (χ1) is 7.75. The molecule has 0 spiro atoms. The van der Waals surface area contributed by atoms with Gasteiger partial charge in [-0.25, -0.2) is 0 Å². The van der Waals surface area contributed by atoms with Crippen LogP contribution in [0, 0.1) is 5.92 Å². The van der Waals surface area contributed by atoms with E-state index < -0.39 is 0 Å². The Hall–Kier alpha value is -0.450. The van der Waals surface area contributed by atoms with Gasteiger partial charge in [-0.2, -0.15) is 0 Å². The van der Waals surface area contributed by atoms with E-state index in [-0.39, 0.29) is 12.0 Å².